The fourth-order valence-corrected chi connectivity index (χ4v) is 4.03. The zero-order valence-electron chi connectivity index (χ0n) is 20.9. The monoisotopic (exact) mass is 532 g/mol. The zero-order valence-corrected chi connectivity index (χ0v) is 21.7. The van der Waals surface area contributed by atoms with Crippen LogP contribution in [0.15, 0.2) is 47.5 Å². The molecule has 0 unspecified atom stereocenters. The molecule has 1 aromatic carbocycles. The third-order valence-electron chi connectivity index (χ3n) is 5.09. The molecule has 1 heterocycles. The fraction of sp³-hybridized carbons (Fsp3) is 0.400. The van der Waals surface area contributed by atoms with E-state index in [1.54, 1.807) is 0 Å². The quantitative estimate of drug-likeness (QED) is 0.246. The van der Waals surface area contributed by atoms with Crippen LogP contribution in [0, 0.1) is 0 Å². The van der Waals surface area contributed by atoms with E-state index in [0.717, 1.165) is 31.9 Å². The van der Waals surface area contributed by atoms with Crippen molar-refractivity contribution in [2.75, 3.05) is 19.7 Å². The van der Waals surface area contributed by atoms with E-state index in [2.05, 4.69) is 22.5 Å². The molecule has 0 aliphatic carbocycles. The van der Waals surface area contributed by atoms with E-state index in [1.165, 1.54) is 36.4 Å². The number of nitrogens with one attached hydrogen (secondary N) is 3. The Hall–Kier alpha value is -3.80. The summed E-state index contributed by atoms with van der Waals surface area (Å²) in [5.41, 5.74) is 0.140. The van der Waals surface area contributed by atoms with Crippen LogP contribution in [0.2, 0.25) is 0 Å². The highest BCUT2D eigenvalue weighted by molar-refractivity contribution is 7.90. The van der Waals surface area contributed by atoms with Crippen molar-refractivity contribution in [2.24, 2.45) is 0 Å². The number of rotatable bonds is 14. The number of pyridine rings is 1. The summed E-state index contributed by atoms with van der Waals surface area (Å²) in [5.74, 6) is -2.50. The van der Waals surface area contributed by atoms with Crippen LogP contribution >= 0.6 is 0 Å². The van der Waals surface area contributed by atoms with Crippen molar-refractivity contribution in [3.8, 4) is 0 Å². The maximum atomic E-state index is 12.6. The predicted octanol–water partition coefficient (Wildman–Crippen LogP) is 2.19. The molecule has 0 radical (unpaired) electrons. The topological polar surface area (TPSA) is 161 Å². The fourth-order valence-electron chi connectivity index (χ4n) is 3.05. The van der Waals surface area contributed by atoms with E-state index >= 15 is 0 Å². The average Bonchev–Trinajstić information content (AvgIpc) is 2.90. The lowest BCUT2D eigenvalue weighted by molar-refractivity contribution is -0.142. The molecule has 2 aromatic rings. The van der Waals surface area contributed by atoms with Crippen LogP contribution in [-0.2, 0) is 19.6 Å². The predicted molar refractivity (Wildman–Crippen MR) is 135 cm³/mol. The Morgan fingerprint density at radius 1 is 0.811 bits per heavy atom. The van der Waals surface area contributed by atoms with Crippen LogP contribution in [0.4, 0.5) is 0 Å². The molecule has 37 heavy (non-hydrogen) atoms. The van der Waals surface area contributed by atoms with Crippen molar-refractivity contribution in [2.45, 2.75) is 50.8 Å². The number of ether oxygens (including phenoxy) is 1. The molecule has 12 heteroatoms. The number of carbonyl (C=O) groups is 4. The van der Waals surface area contributed by atoms with Crippen LogP contribution < -0.4 is 15.4 Å². The van der Waals surface area contributed by atoms with Crippen LogP contribution in [0.5, 0.6) is 0 Å². The first kappa shape index (κ1) is 29.4. The number of nitrogens with zero attached hydrogens (tertiary/aromatic N) is 1. The Bertz CT molecular complexity index is 1180. The molecule has 0 aliphatic rings. The lowest BCUT2D eigenvalue weighted by Gasteiger charge is -2.09. The van der Waals surface area contributed by atoms with Crippen LogP contribution in [-0.4, -0.2) is 56.8 Å². The highest BCUT2D eigenvalue weighted by atomic mass is 32.2. The van der Waals surface area contributed by atoms with E-state index in [1.807, 2.05) is 11.6 Å². The van der Waals surface area contributed by atoms with Crippen molar-refractivity contribution in [3.63, 3.8) is 0 Å². The van der Waals surface area contributed by atoms with Gasteiger partial charge in [0.05, 0.1) is 17.1 Å². The van der Waals surface area contributed by atoms with Crippen LogP contribution in [0.25, 0.3) is 0 Å². The molecule has 3 N–H and O–H groups in total. The minimum Gasteiger partial charge on any atom is -0.464 e. The van der Waals surface area contributed by atoms with Crippen molar-refractivity contribution in [1.29, 1.82) is 0 Å². The third kappa shape index (κ3) is 9.64. The highest BCUT2D eigenvalue weighted by Crippen LogP contribution is 2.12. The van der Waals surface area contributed by atoms with Gasteiger partial charge in [0, 0.05) is 18.3 Å². The standard InChI is InChI=1S/C25H32N4O7S/c1-3-5-6-7-14-26-23(31)18-8-11-20(12-9-18)37(34,35)29-24(32)19-10-13-21(27-16-19)25(33)28-17-22(30)36-15-4-2/h8-13,16H,3-7,14-15,17H2,1-2H3,(H,26,31)(H,28,33)(H,29,32). The van der Waals surface area contributed by atoms with E-state index in [4.69, 9.17) is 4.74 Å². The van der Waals surface area contributed by atoms with E-state index in [9.17, 15) is 27.6 Å². The summed E-state index contributed by atoms with van der Waals surface area (Å²) in [6.07, 6.45) is 5.78. The van der Waals surface area contributed by atoms with Gasteiger partial charge in [-0.15, -0.1) is 0 Å². The van der Waals surface area contributed by atoms with E-state index < -0.39 is 27.8 Å². The van der Waals surface area contributed by atoms with Gasteiger partial charge in [-0.1, -0.05) is 33.1 Å². The normalized spacial score (nSPS) is 10.9. The third-order valence-corrected chi connectivity index (χ3v) is 6.44. The first-order chi connectivity index (χ1) is 17.7. The van der Waals surface area contributed by atoms with Gasteiger partial charge in [-0.25, -0.2) is 13.1 Å². The molecule has 2 rings (SSSR count). The van der Waals surface area contributed by atoms with Gasteiger partial charge in [-0.2, -0.15) is 0 Å². The van der Waals surface area contributed by atoms with Crippen molar-refractivity contribution in [1.82, 2.24) is 20.3 Å². The van der Waals surface area contributed by atoms with E-state index in [-0.39, 0.29) is 35.2 Å². The maximum Gasteiger partial charge on any atom is 0.325 e. The molecule has 11 nitrogen and oxygen atoms in total. The first-order valence-corrected chi connectivity index (χ1v) is 13.5. The largest absolute Gasteiger partial charge is 0.464 e. The van der Waals surface area contributed by atoms with Crippen molar-refractivity contribution in [3.05, 3.63) is 59.4 Å². The molecule has 200 valence electrons. The Labute approximate surface area is 216 Å². The summed E-state index contributed by atoms with van der Waals surface area (Å²) in [6.45, 7) is 4.39. The molecule has 0 saturated heterocycles. The summed E-state index contributed by atoms with van der Waals surface area (Å²) in [7, 11) is -4.22. The molecule has 0 spiro atoms. The highest BCUT2D eigenvalue weighted by Gasteiger charge is 2.20. The second-order valence-corrected chi connectivity index (χ2v) is 9.79. The molecule has 1 aromatic heterocycles. The molecular formula is C25H32N4O7S. The van der Waals surface area contributed by atoms with Crippen molar-refractivity contribution >= 4 is 33.7 Å². The number of benzene rings is 1. The lowest BCUT2D eigenvalue weighted by atomic mass is 10.2. The summed E-state index contributed by atoms with van der Waals surface area (Å²) in [4.78, 5) is 51.9. The van der Waals surface area contributed by atoms with Gasteiger partial charge in [0.2, 0.25) is 0 Å². The number of hydrogen-bond acceptors (Lipinski definition) is 8. The number of sulfonamides is 1. The number of esters is 1. The molecule has 3 amide bonds. The molecule has 0 bridgehead atoms. The number of aromatic nitrogens is 1. The number of unbranched alkanes of at least 4 members (excludes halogenated alkanes) is 3. The zero-order chi connectivity index (χ0) is 27.3. The summed E-state index contributed by atoms with van der Waals surface area (Å²) in [5, 5.41) is 5.13. The van der Waals surface area contributed by atoms with Crippen LogP contribution in [0.3, 0.4) is 0 Å². The minimum absolute atomic E-state index is 0.0677. The lowest BCUT2D eigenvalue weighted by Crippen LogP contribution is -2.32. The Morgan fingerprint density at radius 2 is 1.51 bits per heavy atom. The summed E-state index contributed by atoms with van der Waals surface area (Å²) < 4.78 is 32.0. The number of hydrogen-bond donors (Lipinski definition) is 3. The first-order valence-electron chi connectivity index (χ1n) is 12.0. The molecule has 0 saturated carbocycles. The maximum absolute atomic E-state index is 12.6. The van der Waals surface area contributed by atoms with Crippen molar-refractivity contribution < 1.29 is 32.3 Å². The number of amides is 3. The van der Waals surface area contributed by atoms with Gasteiger partial charge in [-0.3, -0.25) is 24.2 Å². The molecule has 0 fully saturated rings. The minimum atomic E-state index is -4.22. The summed E-state index contributed by atoms with van der Waals surface area (Å²) in [6, 6.07) is 7.67. The van der Waals surface area contributed by atoms with Gasteiger partial charge in [0.25, 0.3) is 27.7 Å². The van der Waals surface area contributed by atoms with Gasteiger partial charge < -0.3 is 15.4 Å². The second-order valence-electron chi connectivity index (χ2n) is 8.11. The Balaban J connectivity index is 1.92. The van der Waals surface area contributed by atoms with Gasteiger partial charge in [0.15, 0.2) is 0 Å². The smallest absolute Gasteiger partial charge is 0.325 e. The van der Waals surface area contributed by atoms with Gasteiger partial charge in [0.1, 0.15) is 12.2 Å². The van der Waals surface area contributed by atoms with Gasteiger partial charge >= 0.3 is 5.97 Å². The summed E-state index contributed by atoms with van der Waals surface area (Å²) >= 11 is 0. The van der Waals surface area contributed by atoms with Gasteiger partial charge in [-0.05, 0) is 49.2 Å². The Morgan fingerprint density at radius 3 is 2.14 bits per heavy atom. The SMILES string of the molecule is CCCCCCNC(=O)c1ccc(S(=O)(=O)NC(=O)c2ccc(C(=O)NCC(=O)OCCC)nc2)cc1. The molecular weight excluding hydrogens is 500 g/mol. The van der Waals surface area contributed by atoms with E-state index in [0.29, 0.717) is 18.5 Å². The molecule has 0 atom stereocenters. The Kier molecular flexibility index (Phi) is 11.7. The number of carbonyl (C=O) groups excluding carboxylic acids is 4. The average molecular weight is 533 g/mol. The second kappa shape index (κ2) is 14.7. The van der Waals surface area contributed by atoms with Crippen LogP contribution in [0.1, 0.15) is 77.2 Å². The molecule has 0 aliphatic heterocycles.